The first-order valence-corrected chi connectivity index (χ1v) is 10.8. The Balaban J connectivity index is 1.43. The fraction of sp³-hybridized carbons (Fsp3) is 0.148. The van der Waals surface area contributed by atoms with Crippen LogP contribution in [0, 0.1) is 11.8 Å². The molecular weight excluding hydrogens is 412 g/mol. The molecular formula is C27H22N4O2. The highest BCUT2D eigenvalue weighted by Crippen LogP contribution is 2.33. The minimum atomic E-state index is -0.255. The number of hydrogen-bond donors (Lipinski definition) is 2. The number of hydrogen-bond acceptors (Lipinski definition) is 5. The zero-order chi connectivity index (χ0) is 22.6. The second kappa shape index (κ2) is 9.11. The predicted molar refractivity (Wildman–Crippen MR) is 129 cm³/mol. The van der Waals surface area contributed by atoms with Crippen LogP contribution in [0.2, 0.25) is 0 Å². The molecule has 0 saturated carbocycles. The first-order valence-electron chi connectivity index (χ1n) is 10.8. The fourth-order valence-corrected chi connectivity index (χ4v) is 3.61. The van der Waals surface area contributed by atoms with Gasteiger partial charge in [0.1, 0.15) is 17.7 Å². The second-order valence-electron chi connectivity index (χ2n) is 7.76. The molecule has 33 heavy (non-hydrogen) atoms. The molecule has 2 aromatic heterocycles. The molecule has 1 saturated heterocycles. The van der Waals surface area contributed by atoms with Gasteiger partial charge >= 0.3 is 0 Å². The van der Waals surface area contributed by atoms with Gasteiger partial charge in [0.2, 0.25) is 0 Å². The standard InChI is InChI=1S/C27H22N4O2/c1-2-4-18-6-8-19(9-7-18)23-12-10-21(15-24(23)33-22-16-28-17-22)27(32)31-25-13-11-20-5-3-14-29-26(20)30-25/h3,5-15,22,28H,16-17H2,1H3,(H,29,30,31,32). The zero-order valence-corrected chi connectivity index (χ0v) is 18.1. The van der Waals surface area contributed by atoms with E-state index >= 15 is 0 Å². The van der Waals surface area contributed by atoms with Crippen LogP contribution in [-0.4, -0.2) is 35.1 Å². The molecule has 1 amide bonds. The summed E-state index contributed by atoms with van der Waals surface area (Å²) in [7, 11) is 0. The van der Waals surface area contributed by atoms with Gasteiger partial charge in [-0.2, -0.15) is 0 Å². The summed E-state index contributed by atoms with van der Waals surface area (Å²) in [4.78, 5) is 21.7. The molecule has 0 spiro atoms. The van der Waals surface area contributed by atoms with E-state index in [1.165, 1.54) is 0 Å². The van der Waals surface area contributed by atoms with Gasteiger partial charge in [0.05, 0.1) is 0 Å². The monoisotopic (exact) mass is 434 g/mol. The van der Waals surface area contributed by atoms with Crippen molar-refractivity contribution in [2.45, 2.75) is 13.0 Å². The maximum atomic E-state index is 13.0. The average molecular weight is 434 g/mol. The van der Waals surface area contributed by atoms with E-state index in [4.69, 9.17) is 4.74 Å². The average Bonchev–Trinajstić information content (AvgIpc) is 2.82. The van der Waals surface area contributed by atoms with Gasteiger partial charge in [0, 0.05) is 41.4 Å². The number of pyridine rings is 2. The summed E-state index contributed by atoms with van der Waals surface area (Å²) in [6.45, 7) is 3.39. The van der Waals surface area contributed by atoms with Crippen molar-refractivity contribution in [3.8, 4) is 28.7 Å². The second-order valence-corrected chi connectivity index (χ2v) is 7.76. The summed E-state index contributed by atoms with van der Waals surface area (Å²) in [6, 6.07) is 21.0. The minimum Gasteiger partial charge on any atom is -0.487 e. The van der Waals surface area contributed by atoms with E-state index < -0.39 is 0 Å². The molecule has 5 rings (SSSR count). The Kier molecular flexibility index (Phi) is 5.71. The highest BCUT2D eigenvalue weighted by atomic mass is 16.5. The van der Waals surface area contributed by atoms with Gasteiger partial charge in [-0.1, -0.05) is 18.1 Å². The van der Waals surface area contributed by atoms with Crippen molar-refractivity contribution < 1.29 is 9.53 Å². The van der Waals surface area contributed by atoms with Crippen LogP contribution in [0.4, 0.5) is 5.82 Å². The smallest absolute Gasteiger partial charge is 0.256 e. The van der Waals surface area contributed by atoms with Crippen LogP contribution in [0.25, 0.3) is 22.2 Å². The molecule has 1 aliphatic heterocycles. The Bertz CT molecular complexity index is 1380. The van der Waals surface area contributed by atoms with Crippen molar-refractivity contribution in [3.05, 3.63) is 84.1 Å². The van der Waals surface area contributed by atoms with Crippen LogP contribution in [0.1, 0.15) is 22.8 Å². The molecule has 162 valence electrons. The quantitative estimate of drug-likeness (QED) is 0.459. The van der Waals surface area contributed by atoms with Crippen molar-refractivity contribution in [3.63, 3.8) is 0 Å². The van der Waals surface area contributed by atoms with Crippen LogP contribution in [-0.2, 0) is 0 Å². The number of amides is 1. The van der Waals surface area contributed by atoms with E-state index in [0.717, 1.165) is 35.2 Å². The van der Waals surface area contributed by atoms with Gasteiger partial charge in [-0.15, -0.1) is 5.92 Å². The molecule has 6 nitrogen and oxygen atoms in total. The number of rotatable bonds is 5. The molecule has 0 radical (unpaired) electrons. The lowest BCUT2D eigenvalue weighted by Gasteiger charge is -2.29. The van der Waals surface area contributed by atoms with E-state index in [-0.39, 0.29) is 12.0 Å². The van der Waals surface area contributed by atoms with Crippen molar-refractivity contribution >= 4 is 22.8 Å². The molecule has 4 aromatic rings. The summed E-state index contributed by atoms with van der Waals surface area (Å²) in [6.07, 6.45) is 1.76. The fourth-order valence-electron chi connectivity index (χ4n) is 3.61. The largest absolute Gasteiger partial charge is 0.487 e. The van der Waals surface area contributed by atoms with Crippen molar-refractivity contribution in [1.29, 1.82) is 0 Å². The summed E-state index contributed by atoms with van der Waals surface area (Å²) in [5, 5.41) is 7.00. The number of carbonyl (C=O) groups excluding carboxylic acids is 1. The molecule has 1 aliphatic rings. The Morgan fingerprint density at radius 2 is 1.94 bits per heavy atom. The molecule has 2 N–H and O–H groups in total. The normalized spacial score (nSPS) is 13.0. The third kappa shape index (κ3) is 4.54. The lowest BCUT2D eigenvalue weighted by molar-refractivity contribution is 0.102. The third-order valence-corrected chi connectivity index (χ3v) is 5.45. The van der Waals surface area contributed by atoms with Crippen LogP contribution in [0.15, 0.2) is 72.9 Å². The van der Waals surface area contributed by atoms with Crippen LogP contribution in [0.5, 0.6) is 5.75 Å². The van der Waals surface area contributed by atoms with E-state index in [9.17, 15) is 4.79 Å². The number of ether oxygens (including phenoxy) is 1. The number of nitrogens with one attached hydrogen (secondary N) is 2. The number of benzene rings is 2. The Morgan fingerprint density at radius 1 is 1.09 bits per heavy atom. The Hall–Kier alpha value is -4.21. The molecule has 2 aromatic carbocycles. The SMILES string of the molecule is CC#Cc1ccc(-c2ccc(C(=O)Nc3ccc4cccnc4n3)cc2OC2CNC2)cc1. The summed E-state index contributed by atoms with van der Waals surface area (Å²) in [5.41, 5.74) is 3.98. The van der Waals surface area contributed by atoms with Gasteiger partial charge in [0.15, 0.2) is 5.65 Å². The molecule has 3 heterocycles. The van der Waals surface area contributed by atoms with Gasteiger partial charge in [-0.25, -0.2) is 9.97 Å². The van der Waals surface area contributed by atoms with Gasteiger partial charge < -0.3 is 15.4 Å². The lowest BCUT2D eigenvalue weighted by Crippen LogP contribution is -2.50. The number of aromatic nitrogens is 2. The highest BCUT2D eigenvalue weighted by Gasteiger charge is 2.21. The van der Waals surface area contributed by atoms with Crippen molar-refractivity contribution in [2.24, 2.45) is 0 Å². The van der Waals surface area contributed by atoms with E-state index in [1.54, 1.807) is 24.4 Å². The van der Waals surface area contributed by atoms with E-state index in [0.29, 0.717) is 22.8 Å². The molecule has 0 aliphatic carbocycles. The van der Waals surface area contributed by atoms with Crippen LogP contribution >= 0.6 is 0 Å². The molecule has 0 bridgehead atoms. The molecule has 0 unspecified atom stereocenters. The molecule has 1 fully saturated rings. The van der Waals surface area contributed by atoms with Crippen LogP contribution < -0.4 is 15.4 Å². The number of anilines is 1. The summed E-state index contributed by atoms with van der Waals surface area (Å²) < 4.78 is 6.22. The first-order chi connectivity index (χ1) is 16.2. The van der Waals surface area contributed by atoms with Gasteiger partial charge in [-0.3, -0.25) is 4.79 Å². The maximum Gasteiger partial charge on any atom is 0.256 e. The summed E-state index contributed by atoms with van der Waals surface area (Å²) in [5.74, 6) is 6.84. The third-order valence-electron chi connectivity index (χ3n) is 5.45. The van der Waals surface area contributed by atoms with Gasteiger partial charge in [0.25, 0.3) is 5.91 Å². The highest BCUT2D eigenvalue weighted by molar-refractivity contribution is 6.04. The van der Waals surface area contributed by atoms with E-state index in [2.05, 4.69) is 32.4 Å². The maximum absolute atomic E-state index is 13.0. The van der Waals surface area contributed by atoms with Crippen molar-refractivity contribution in [2.75, 3.05) is 18.4 Å². The first kappa shape index (κ1) is 20.7. The number of fused-ring (bicyclic) bond motifs is 1. The summed E-state index contributed by atoms with van der Waals surface area (Å²) >= 11 is 0. The molecule has 6 heteroatoms. The molecule has 0 atom stereocenters. The predicted octanol–water partition coefficient (Wildman–Crippen LogP) is 4.27. The minimum absolute atomic E-state index is 0.0838. The van der Waals surface area contributed by atoms with Crippen molar-refractivity contribution in [1.82, 2.24) is 15.3 Å². The van der Waals surface area contributed by atoms with Gasteiger partial charge in [-0.05, 0) is 67.1 Å². The van der Waals surface area contributed by atoms with Crippen LogP contribution in [0.3, 0.4) is 0 Å². The lowest BCUT2D eigenvalue weighted by atomic mass is 10.0. The number of carbonyl (C=O) groups is 1. The Morgan fingerprint density at radius 3 is 2.70 bits per heavy atom. The van der Waals surface area contributed by atoms with E-state index in [1.807, 2.05) is 55.5 Å². The Labute approximate surface area is 192 Å². The zero-order valence-electron chi connectivity index (χ0n) is 18.1. The number of nitrogens with zero attached hydrogens (tertiary/aromatic N) is 2. The topological polar surface area (TPSA) is 76.1 Å².